The highest BCUT2D eigenvalue weighted by atomic mass is 32.2. The molecule has 2 aliphatic rings. The molecule has 2 amide bonds. The Morgan fingerprint density at radius 1 is 1.48 bits per heavy atom. The van der Waals surface area contributed by atoms with E-state index in [1.807, 2.05) is 0 Å². The van der Waals surface area contributed by atoms with E-state index in [-0.39, 0.29) is 34.3 Å². The predicted octanol–water partition coefficient (Wildman–Crippen LogP) is -1.09. The number of nitrogen functional groups attached to an aromatic ring is 1. The molecule has 14 heteroatoms. The van der Waals surface area contributed by atoms with Crippen molar-refractivity contribution >= 4 is 49.8 Å². The van der Waals surface area contributed by atoms with Crippen molar-refractivity contribution in [3.05, 3.63) is 21.7 Å². The second-order valence-corrected chi connectivity index (χ2v) is 9.23. The molecule has 0 aromatic carbocycles. The maximum absolute atomic E-state index is 12.6. The zero-order chi connectivity index (χ0) is 21.5. The summed E-state index contributed by atoms with van der Waals surface area (Å²) in [7, 11) is -2.56. The highest BCUT2D eigenvalue weighted by Crippen LogP contribution is 2.38. The van der Waals surface area contributed by atoms with Gasteiger partial charge in [-0.3, -0.25) is 14.5 Å². The number of amides is 2. The van der Waals surface area contributed by atoms with Gasteiger partial charge in [0.05, 0.1) is 10.9 Å². The zero-order valence-electron chi connectivity index (χ0n) is 15.3. The Morgan fingerprint density at radius 3 is 2.69 bits per heavy atom. The first kappa shape index (κ1) is 20.7. The first-order chi connectivity index (χ1) is 13.6. The van der Waals surface area contributed by atoms with Gasteiger partial charge < -0.3 is 21.0 Å². The van der Waals surface area contributed by atoms with Crippen LogP contribution in [0.2, 0.25) is 0 Å². The summed E-state index contributed by atoms with van der Waals surface area (Å²) >= 11 is 1.09. The minimum atomic E-state index is -3.80. The number of anilines is 1. The van der Waals surface area contributed by atoms with Crippen LogP contribution in [-0.2, 0) is 29.1 Å². The van der Waals surface area contributed by atoms with Gasteiger partial charge in [0.1, 0.15) is 24.5 Å². The summed E-state index contributed by atoms with van der Waals surface area (Å²) in [5.74, 6) is -3.01. The van der Waals surface area contributed by atoms with Gasteiger partial charge in [0, 0.05) is 11.6 Å². The van der Waals surface area contributed by atoms with Gasteiger partial charge in [-0.1, -0.05) is 5.16 Å². The van der Waals surface area contributed by atoms with Gasteiger partial charge in [0.2, 0.25) is 0 Å². The molecule has 1 saturated heterocycles. The number of hydrogen-bond acceptors (Lipinski definition) is 10. The lowest BCUT2D eigenvalue weighted by atomic mass is 9.86. The number of oxime groups is 1. The van der Waals surface area contributed by atoms with Crippen LogP contribution in [-0.4, -0.2) is 72.4 Å². The largest absolute Gasteiger partial charge is 0.477 e. The van der Waals surface area contributed by atoms with Gasteiger partial charge in [0.15, 0.2) is 20.7 Å². The van der Waals surface area contributed by atoms with Crippen LogP contribution in [0.5, 0.6) is 0 Å². The number of sulfone groups is 1. The monoisotopic (exact) mass is 443 g/mol. The van der Waals surface area contributed by atoms with Crippen LogP contribution in [0.15, 0.2) is 21.1 Å². The summed E-state index contributed by atoms with van der Waals surface area (Å²) < 4.78 is 23.8. The van der Waals surface area contributed by atoms with E-state index in [0.717, 1.165) is 22.5 Å². The Kier molecular flexibility index (Phi) is 5.32. The van der Waals surface area contributed by atoms with Crippen LogP contribution in [0.3, 0.4) is 0 Å². The molecular formula is C15H17N5O7S2. The molecule has 1 aromatic heterocycles. The van der Waals surface area contributed by atoms with Crippen LogP contribution in [0.1, 0.15) is 18.5 Å². The topological polar surface area (TPSA) is 181 Å². The van der Waals surface area contributed by atoms with Crippen molar-refractivity contribution in [2.75, 3.05) is 19.1 Å². The summed E-state index contributed by atoms with van der Waals surface area (Å²) in [6.45, 7) is 0. The lowest BCUT2D eigenvalue weighted by molar-refractivity contribution is -0.155. The second-order valence-electron chi connectivity index (χ2n) is 6.31. The number of hydrogen-bond donors (Lipinski definition) is 3. The van der Waals surface area contributed by atoms with Crippen molar-refractivity contribution in [1.29, 1.82) is 0 Å². The van der Waals surface area contributed by atoms with Gasteiger partial charge in [-0.2, -0.15) is 0 Å². The van der Waals surface area contributed by atoms with Gasteiger partial charge in [0.25, 0.3) is 11.8 Å². The summed E-state index contributed by atoms with van der Waals surface area (Å²) in [6.07, 6.45) is 1.02. The highest BCUT2D eigenvalue weighted by Gasteiger charge is 2.54. The van der Waals surface area contributed by atoms with Crippen LogP contribution < -0.4 is 11.1 Å². The van der Waals surface area contributed by atoms with Crippen LogP contribution in [0.4, 0.5) is 5.13 Å². The molecule has 156 valence electrons. The number of allylic oxidation sites excluding steroid dienone is 1. The summed E-state index contributed by atoms with van der Waals surface area (Å²) in [4.78, 5) is 46.0. The molecule has 1 aromatic rings. The third kappa shape index (κ3) is 3.67. The van der Waals surface area contributed by atoms with E-state index in [0.29, 0.717) is 0 Å². The maximum Gasteiger partial charge on any atom is 0.353 e. The lowest BCUT2D eigenvalue weighted by Crippen LogP contribution is -2.72. The summed E-state index contributed by atoms with van der Waals surface area (Å²) in [5.41, 5.74) is 4.95. The number of carbonyl (C=O) groups is 3. The van der Waals surface area contributed by atoms with Crippen molar-refractivity contribution in [1.82, 2.24) is 15.2 Å². The molecule has 1 fully saturated rings. The van der Waals surface area contributed by atoms with Crippen LogP contribution in [0, 0.1) is 0 Å². The average Bonchev–Trinajstić information content (AvgIpc) is 3.07. The van der Waals surface area contributed by atoms with Gasteiger partial charge in [-0.25, -0.2) is 18.2 Å². The van der Waals surface area contributed by atoms with E-state index in [1.54, 1.807) is 0 Å². The van der Waals surface area contributed by atoms with Crippen molar-refractivity contribution < 1.29 is 32.7 Å². The molecule has 0 bridgehead atoms. The molecule has 29 heavy (non-hydrogen) atoms. The van der Waals surface area contributed by atoms with E-state index in [9.17, 15) is 27.9 Å². The molecule has 4 N–H and O–H groups in total. The molecule has 2 atom stereocenters. The van der Waals surface area contributed by atoms with E-state index < -0.39 is 45.4 Å². The van der Waals surface area contributed by atoms with E-state index >= 15 is 0 Å². The highest BCUT2D eigenvalue weighted by molar-refractivity contribution is 7.94. The number of aliphatic carboxylic acids is 1. The Bertz CT molecular complexity index is 1060. The van der Waals surface area contributed by atoms with E-state index in [4.69, 9.17) is 5.73 Å². The number of nitrogens with two attached hydrogens (primary N) is 1. The first-order valence-corrected chi connectivity index (χ1v) is 11.0. The van der Waals surface area contributed by atoms with Crippen molar-refractivity contribution in [3.8, 4) is 0 Å². The molecule has 0 unspecified atom stereocenters. The Hall–Kier alpha value is -3.00. The lowest BCUT2D eigenvalue weighted by Gasteiger charge is -2.49. The number of carbonyl (C=O) groups excluding carboxylic acids is 2. The van der Waals surface area contributed by atoms with Crippen molar-refractivity contribution in [3.63, 3.8) is 0 Å². The minimum Gasteiger partial charge on any atom is -0.477 e. The number of β-lactam (4-membered cyclic amide) rings is 1. The number of nitrogens with zero attached hydrogens (tertiary/aromatic N) is 3. The number of carboxylic acid groups (broad SMARTS) is 1. The molecule has 0 saturated carbocycles. The number of fused-ring (bicyclic) bond motifs is 1. The second kappa shape index (κ2) is 7.44. The standard InChI is InChI=1S/C15H17N5O7S2/c1-27-19-9(6-5-28-15(16)17-6)12(21)18-10-7-3-4-8(29(2,25)26)11(14(23)24)20(7)13(10)22/h5,7,10H,3-4H2,1-2H3,(H2,16,17)(H,18,21)(H,23,24)/b19-9+/t7-,10+/m1/s1. The van der Waals surface area contributed by atoms with Crippen molar-refractivity contribution in [2.45, 2.75) is 24.9 Å². The van der Waals surface area contributed by atoms with Crippen molar-refractivity contribution in [2.24, 2.45) is 5.16 Å². The maximum atomic E-state index is 12.6. The minimum absolute atomic E-state index is 0.0527. The summed E-state index contributed by atoms with van der Waals surface area (Å²) in [6, 6.07) is -1.72. The Labute approximate surface area is 168 Å². The van der Waals surface area contributed by atoms with Gasteiger partial charge >= 0.3 is 5.97 Å². The normalized spacial score (nSPS) is 22.1. The van der Waals surface area contributed by atoms with Crippen LogP contribution >= 0.6 is 11.3 Å². The number of rotatable bonds is 6. The quantitative estimate of drug-likeness (QED) is 0.279. The fourth-order valence-corrected chi connectivity index (χ4v) is 4.86. The molecule has 2 aliphatic heterocycles. The SMILES string of the molecule is CO/N=C(/C(=O)N[C@@H]1C(=O)N2C(C(=O)O)=C(S(C)(=O)=O)CC[C@H]12)c1csc(N)n1. The third-order valence-corrected chi connectivity index (χ3v) is 6.46. The number of nitrogens with one attached hydrogen (secondary N) is 1. The fraction of sp³-hybridized carbons (Fsp3) is 0.400. The number of carboxylic acids is 1. The van der Waals surface area contributed by atoms with Gasteiger partial charge in [-0.15, -0.1) is 11.3 Å². The molecule has 12 nitrogen and oxygen atoms in total. The Balaban J connectivity index is 1.85. The smallest absolute Gasteiger partial charge is 0.353 e. The zero-order valence-corrected chi connectivity index (χ0v) is 16.9. The van der Waals surface area contributed by atoms with E-state index in [2.05, 4.69) is 20.3 Å². The summed E-state index contributed by atoms with van der Waals surface area (Å²) in [5, 5.41) is 17.2. The van der Waals surface area contributed by atoms with Gasteiger partial charge in [-0.05, 0) is 12.8 Å². The average molecular weight is 443 g/mol. The first-order valence-electron chi connectivity index (χ1n) is 8.19. The molecule has 3 heterocycles. The molecule has 0 spiro atoms. The molecule has 3 rings (SSSR count). The van der Waals surface area contributed by atoms with E-state index in [1.165, 1.54) is 12.5 Å². The fourth-order valence-electron chi connectivity index (χ4n) is 3.29. The third-order valence-electron chi connectivity index (χ3n) is 4.49. The van der Waals surface area contributed by atoms with Crippen LogP contribution in [0.25, 0.3) is 0 Å². The Morgan fingerprint density at radius 2 is 2.17 bits per heavy atom. The molecular weight excluding hydrogens is 426 g/mol. The number of aromatic nitrogens is 1. The molecule has 0 radical (unpaired) electrons. The predicted molar refractivity (Wildman–Crippen MR) is 101 cm³/mol. The molecule has 0 aliphatic carbocycles. The number of thiazole rings is 1.